The SMILES string of the molecule is NCCCC(=O)NCc1cccc([N+](=O)[O-])c1. The lowest BCUT2D eigenvalue weighted by Gasteiger charge is -2.04. The summed E-state index contributed by atoms with van der Waals surface area (Å²) < 4.78 is 0. The average molecular weight is 237 g/mol. The highest BCUT2D eigenvalue weighted by molar-refractivity contribution is 5.75. The monoisotopic (exact) mass is 237 g/mol. The van der Waals surface area contributed by atoms with Gasteiger partial charge >= 0.3 is 0 Å². The van der Waals surface area contributed by atoms with Crippen LogP contribution in [0.2, 0.25) is 0 Å². The number of hydrogen-bond donors (Lipinski definition) is 2. The van der Waals surface area contributed by atoms with Crippen LogP contribution >= 0.6 is 0 Å². The van der Waals surface area contributed by atoms with Gasteiger partial charge in [0.15, 0.2) is 0 Å². The topological polar surface area (TPSA) is 98.3 Å². The van der Waals surface area contributed by atoms with E-state index in [9.17, 15) is 14.9 Å². The molecule has 0 fully saturated rings. The summed E-state index contributed by atoms with van der Waals surface area (Å²) in [6.07, 6.45) is 1.02. The Kier molecular flexibility index (Phi) is 5.09. The summed E-state index contributed by atoms with van der Waals surface area (Å²) in [5, 5.41) is 13.2. The Morgan fingerprint density at radius 1 is 1.47 bits per heavy atom. The first-order valence-electron chi connectivity index (χ1n) is 5.33. The maximum absolute atomic E-state index is 11.3. The van der Waals surface area contributed by atoms with Gasteiger partial charge in [-0.1, -0.05) is 12.1 Å². The number of nitro groups is 1. The zero-order chi connectivity index (χ0) is 12.7. The molecule has 0 bridgehead atoms. The Bertz CT molecular complexity index is 407. The maximum atomic E-state index is 11.3. The van der Waals surface area contributed by atoms with Crippen molar-refractivity contribution in [3.8, 4) is 0 Å². The molecule has 0 saturated heterocycles. The molecule has 17 heavy (non-hydrogen) atoms. The number of rotatable bonds is 6. The van der Waals surface area contributed by atoms with Gasteiger partial charge in [0.1, 0.15) is 0 Å². The molecule has 0 saturated carbocycles. The van der Waals surface area contributed by atoms with E-state index < -0.39 is 4.92 Å². The first-order valence-corrected chi connectivity index (χ1v) is 5.33. The molecule has 0 spiro atoms. The van der Waals surface area contributed by atoms with E-state index >= 15 is 0 Å². The van der Waals surface area contributed by atoms with Crippen LogP contribution in [0.4, 0.5) is 5.69 Å². The van der Waals surface area contributed by atoms with Crippen LogP contribution in [0.15, 0.2) is 24.3 Å². The van der Waals surface area contributed by atoms with E-state index in [0.717, 1.165) is 0 Å². The van der Waals surface area contributed by atoms with E-state index in [0.29, 0.717) is 31.5 Å². The normalized spacial score (nSPS) is 9.94. The molecule has 0 aliphatic carbocycles. The van der Waals surface area contributed by atoms with Gasteiger partial charge in [0.25, 0.3) is 5.69 Å². The summed E-state index contributed by atoms with van der Waals surface area (Å²) >= 11 is 0. The Labute approximate surface area is 99.0 Å². The van der Waals surface area contributed by atoms with Gasteiger partial charge in [-0.3, -0.25) is 14.9 Å². The number of non-ortho nitro benzene ring substituents is 1. The van der Waals surface area contributed by atoms with Crippen molar-refractivity contribution in [2.45, 2.75) is 19.4 Å². The molecule has 0 aliphatic rings. The molecule has 6 nitrogen and oxygen atoms in total. The fourth-order valence-corrected chi connectivity index (χ4v) is 1.33. The van der Waals surface area contributed by atoms with Gasteiger partial charge in [0, 0.05) is 25.1 Å². The second-order valence-electron chi connectivity index (χ2n) is 3.60. The number of carbonyl (C=O) groups excluding carboxylic acids is 1. The predicted molar refractivity (Wildman–Crippen MR) is 63.2 cm³/mol. The predicted octanol–water partition coefficient (Wildman–Crippen LogP) is 0.950. The summed E-state index contributed by atoms with van der Waals surface area (Å²) in [5.74, 6) is -0.0954. The highest BCUT2D eigenvalue weighted by Crippen LogP contribution is 2.12. The van der Waals surface area contributed by atoms with Crippen molar-refractivity contribution in [1.29, 1.82) is 0 Å². The fraction of sp³-hybridized carbons (Fsp3) is 0.364. The van der Waals surface area contributed by atoms with Crippen molar-refractivity contribution in [2.24, 2.45) is 5.73 Å². The number of amides is 1. The molecule has 1 aromatic carbocycles. The second-order valence-corrected chi connectivity index (χ2v) is 3.60. The van der Waals surface area contributed by atoms with Crippen molar-refractivity contribution >= 4 is 11.6 Å². The Morgan fingerprint density at radius 3 is 2.88 bits per heavy atom. The lowest BCUT2D eigenvalue weighted by atomic mass is 10.2. The summed E-state index contributed by atoms with van der Waals surface area (Å²) in [5.41, 5.74) is 6.02. The van der Waals surface area contributed by atoms with Gasteiger partial charge in [0.2, 0.25) is 5.91 Å². The van der Waals surface area contributed by atoms with Crippen molar-refractivity contribution in [1.82, 2.24) is 5.32 Å². The third kappa shape index (κ3) is 4.60. The minimum absolute atomic E-state index is 0.0266. The van der Waals surface area contributed by atoms with Crippen LogP contribution in [0, 0.1) is 10.1 Å². The van der Waals surface area contributed by atoms with Crippen molar-refractivity contribution in [3.63, 3.8) is 0 Å². The Morgan fingerprint density at radius 2 is 2.24 bits per heavy atom. The van der Waals surface area contributed by atoms with Crippen LogP contribution < -0.4 is 11.1 Å². The number of nitrogens with zero attached hydrogens (tertiary/aromatic N) is 1. The second kappa shape index (κ2) is 6.59. The van der Waals surface area contributed by atoms with Crippen LogP contribution in [0.3, 0.4) is 0 Å². The average Bonchev–Trinajstić information content (AvgIpc) is 2.34. The van der Waals surface area contributed by atoms with E-state index in [1.807, 2.05) is 0 Å². The van der Waals surface area contributed by atoms with Gasteiger partial charge in [-0.05, 0) is 18.5 Å². The number of carbonyl (C=O) groups is 1. The minimum Gasteiger partial charge on any atom is -0.352 e. The first-order chi connectivity index (χ1) is 8.13. The summed E-state index contributed by atoms with van der Waals surface area (Å²) in [4.78, 5) is 21.4. The number of nitrogens with one attached hydrogen (secondary N) is 1. The highest BCUT2D eigenvalue weighted by atomic mass is 16.6. The Balaban J connectivity index is 2.49. The van der Waals surface area contributed by atoms with Crippen LogP contribution in [0.5, 0.6) is 0 Å². The van der Waals surface area contributed by atoms with Crippen LogP contribution in [0.25, 0.3) is 0 Å². The first kappa shape index (κ1) is 13.1. The molecule has 3 N–H and O–H groups in total. The zero-order valence-electron chi connectivity index (χ0n) is 9.39. The summed E-state index contributed by atoms with van der Waals surface area (Å²) in [7, 11) is 0. The smallest absolute Gasteiger partial charge is 0.269 e. The molecule has 0 atom stereocenters. The quantitative estimate of drug-likeness (QED) is 0.568. The van der Waals surface area contributed by atoms with Crippen molar-refractivity contribution in [2.75, 3.05) is 6.54 Å². The van der Waals surface area contributed by atoms with E-state index in [4.69, 9.17) is 5.73 Å². The molecular weight excluding hydrogens is 222 g/mol. The molecule has 0 aromatic heterocycles. The standard InChI is InChI=1S/C11H15N3O3/c12-6-2-5-11(15)13-8-9-3-1-4-10(7-9)14(16)17/h1,3-4,7H,2,5-6,8,12H2,(H,13,15). The third-order valence-corrected chi connectivity index (χ3v) is 2.22. The van der Waals surface area contributed by atoms with E-state index in [1.165, 1.54) is 12.1 Å². The van der Waals surface area contributed by atoms with Crippen LogP contribution in [-0.4, -0.2) is 17.4 Å². The minimum atomic E-state index is -0.459. The van der Waals surface area contributed by atoms with E-state index in [-0.39, 0.29) is 11.6 Å². The lowest BCUT2D eigenvalue weighted by molar-refractivity contribution is -0.384. The molecule has 0 aliphatic heterocycles. The molecule has 92 valence electrons. The molecule has 0 radical (unpaired) electrons. The molecule has 1 amide bonds. The van der Waals surface area contributed by atoms with E-state index in [2.05, 4.69) is 5.32 Å². The highest BCUT2D eigenvalue weighted by Gasteiger charge is 2.06. The van der Waals surface area contributed by atoms with Crippen LogP contribution in [-0.2, 0) is 11.3 Å². The molecular formula is C11H15N3O3. The number of nitro benzene ring substituents is 1. The number of hydrogen-bond acceptors (Lipinski definition) is 4. The molecule has 6 heteroatoms. The fourth-order valence-electron chi connectivity index (χ4n) is 1.33. The van der Waals surface area contributed by atoms with Gasteiger partial charge < -0.3 is 11.1 Å². The Hall–Kier alpha value is -1.95. The number of benzene rings is 1. The van der Waals surface area contributed by atoms with Gasteiger partial charge in [-0.2, -0.15) is 0 Å². The summed E-state index contributed by atoms with van der Waals surface area (Å²) in [6.45, 7) is 0.773. The molecule has 1 rings (SSSR count). The zero-order valence-corrected chi connectivity index (χ0v) is 9.39. The molecule has 0 unspecified atom stereocenters. The maximum Gasteiger partial charge on any atom is 0.269 e. The lowest BCUT2D eigenvalue weighted by Crippen LogP contribution is -2.23. The molecule has 1 aromatic rings. The van der Waals surface area contributed by atoms with Crippen molar-refractivity contribution in [3.05, 3.63) is 39.9 Å². The van der Waals surface area contributed by atoms with Gasteiger partial charge in [0.05, 0.1) is 4.92 Å². The molecule has 0 heterocycles. The van der Waals surface area contributed by atoms with Gasteiger partial charge in [-0.25, -0.2) is 0 Å². The third-order valence-electron chi connectivity index (χ3n) is 2.22. The van der Waals surface area contributed by atoms with Gasteiger partial charge in [-0.15, -0.1) is 0 Å². The number of nitrogens with two attached hydrogens (primary N) is 1. The largest absolute Gasteiger partial charge is 0.352 e. The summed E-state index contributed by atoms with van der Waals surface area (Å²) in [6, 6.07) is 6.19. The van der Waals surface area contributed by atoms with Crippen LogP contribution in [0.1, 0.15) is 18.4 Å². The van der Waals surface area contributed by atoms with Crippen molar-refractivity contribution < 1.29 is 9.72 Å². The van der Waals surface area contributed by atoms with E-state index in [1.54, 1.807) is 12.1 Å².